The lowest BCUT2D eigenvalue weighted by Crippen LogP contribution is -2.10. The number of hydrogen-bond acceptors (Lipinski definition) is 5. The molecule has 1 heterocycles. The number of carbonyl (C=O) groups excluding carboxylic acids is 1. The third-order valence-corrected chi connectivity index (χ3v) is 2.58. The van der Waals surface area contributed by atoms with Crippen LogP contribution in [0.3, 0.4) is 0 Å². The van der Waals surface area contributed by atoms with E-state index in [1.807, 2.05) is 13.8 Å². The SMILES string of the molecule is CCOc1cc(OCC)c2c(=O)c(C=O)coc2c1. The maximum atomic E-state index is 12.1. The van der Waals surface area contributed by atoms with Crippen molar-refractivity contribution in [1.29, 1.82) is 0 Å². The first-order valence-corrected chi connectivity index (χ1v) is 6.01. The van der Waals surface area contributed by atoms with Gasteiger partial charge in [-0.15, -0.1) is 0 Å². The Morgan fingerprint density at radius 1 is 1.21 bits per heavy atom. The van der Waals surface area contributed by atoms with Crippen LogP contribution in [-0.4, -0.2) is 19.5 Å². The summed E-state index contributed by atoms with van der Waals surface area (Å²) in [6.07, 6.45) is 1.61. The van der Waals surface area contributed by atoms with Gasteiger partial charge >= 0.3 is 0 Å². The van der Waals surface area contributed by atoms with Crippen molar-refractivity contribution in [3.63, 3.8) is 0 Å². The third-order valence-electron chi connectivity index (χ3n) is 2.58. The van der Waals surface area contributed by atoms with Crippen LogP contribution in [0.15, 0.2) is 27.6 Å². The molecule has 5 heteroatoms. The maximum absolute atomic E-state index is 12.1. The Labute approximate surface area is 109 Å². The lowest BCUT2D eigenvalue weighted by atomic mass is 10.1. The van der Waals surface area contributed by atoms with Crippen LogP contribution in [0.25, 0.3) is 11.0 Å². The molecule has 5 nitrogen and oxygen atoms in total. The van der Waals surface area contributed by atoms with Gasteiger partial charge in [0.25, 0.3) is 0 Å². The lowest BCUT2D eigenvalue weighted by Gasteiger charge is -2.10. The first kappa shape index (κ1) is 13.1. The van der Waals surface area contributed by atoms with Crippen LogP contribution in [0.5, 0.6) is 11.5 Å². The summed E-state index contributed by atoms with van der Waals surface area (Å²) in [4.78, 5) is 22.9. The molecular formula is C14H14O5. The van der Waals surface area contributed by atoms with Crippen LogP contribution >= 0.6 is 0 Å². The quantitative estimate of drug-likeness (QED) is 0.774. The van der Waals surface area contributed by atoms with Crippen molar-refractivity contribution in [3.8, 4) is 11.5 Å². The Morgan fingerprint density at radius 2 is 1.95 bits per heavy atom. The predicted molar refractivity (Wildman–Crippen MR) is 70.2 cm³/mol. The highest BCUT2D eigenvalue weighted by Crippen LogP contribution is 2.29. The van der Waals surface area contributed by atoms with Gasteiger partial charge in [-0.05, 0) is 13.8 Å². The molecule has 0 saturated heterocycles. The largest absolute Gasteiger partial charge is 0.494 e. The third kappa shape index (κ3) is 2.45. The predicted octanol–water partition coefficient (Wildman–Crippen LogP) is 2.40. The second-order valence-electron chi connectivity index (χ2n) is 3.80. The summed E-state index contributed by atoms with van der Waals surface area (Å²) in [6.45, 7) is 4.56. The molecule has 0 amide bonds. The molecule has 100 valence electrons. The van der Waals surface area contributed by atoms with Crippen LogP contribution in [-0.2, 0) is 0 Å². The van der Waals surface area contributed by atoms with Crippen molar-refractivity contribution in [2.24, 2.45) is 0 Å². The monoisotopic (exact) mass is 262 g/mol. The zero-order chi connectivity index (χ0) is 13.8. The summed E-state index contributed by atoms with van der Waals surface area (Å²) in [5, 5.41) is 0.259. The van der Waals surface area contributed by atoms with Crippen molar-refractivity contribution in [1.82, 2.24) is 0 Å². The minimum Gasteiger partial charge on any atom is -0.494 e. The Balaban J connectivity index is 2.75. The molecule has 0 atom stereocenters. The van der Waals surface area contributed by atoms with Crippen molar-refractivity contribution >= 4 is 17.3 Å². The van der Waals surface area contributed by atoms with E-state index < -0.39 is 5.43 Å². The Hall–Kier alpha value is -2.30. The van der Waals surface area contributed by atoms with Gasteiger partial charge in [-0.1, -0.05) is 0 Å². The van der Waals surface area contributed by atoms with Gasteiger partial charge in [0, 0.05) is 12.1 Å². The molecule has 1 aromatic heterocycles. The Bertz CT molecular complexity index is 657. The van der Waals surface area contributed by atoms with E-state index in [1.165, 1.54) is 0 Å². The summed E-state index contributed by atoms with van der Waals surface area (Å²) in [6, 6.07) is 3.23. The van der Waals surface area contributed by atoms with Crippen LogP contribution < -0.4 is 14.9 Å². The minimum absolute atomic E-state index is 0.0300. The molecule has 0 unspecified atom stereocenters. The molecule has 2 rings (SSSR count). The fraction of sp³-hybridized carbons (Fsp3) is 0.286. The second-order valence-corrected chi connectivity index (χ2v) is 3.80. The highest BCUT2D eigenvalue weighted by atomic mass is 16.5. The number of carbonyl (C=O) groups is 1. The molecule has 0 bridgehead atoms. The van der Waals surface area contributed by atoms with E-state index in [-0.39, 0.29) is 10.9 Å². The van der Waals surface area contributed by atoms with E-state index >= 15 is 0 Å². The van der Waals surface area contributed by atoms with Crippen molar-refractivity contribution in [3.05, 3.63) is 34.2 Å². The average molecular weight is 262 g/mol. The molecule has 0 aliphatic carbocycles. The van der Waals surface area contributed by atoms with Gasteiger partial charge in [-0.25, -0.2) is 0 Å². The summed E-state index contributed by atoms with van der Waals surface area (Å²) in [5.74, 6) is 0.918. The number of benzene rings is 1. The Morgan fingerprint density at radius 3 is 2.58 bits per heavy atom. The van der Waals surface area contributed by atoms with Gasteiger partial charge in [0.2, 0.25) is 5.43 Å². The molecule has 0 aliphatic heterocycles. The normalized spacial score (nSPS) is 10.4. The fourth-order valence-corrected chi connectivity index (χ4v) is 1.81. The topological polar surface area (TPSA) is 65.7 Å². The molecule has 0 spiro atoms. The maximum Gasteiger partial charge on any atom is 0.206 e. The van der Waals surface area contributed by atoms with E-state index in [4.69, 9.17) is 13.9 Å². The lowest BCUT2D eigenvalue weighted by molar-refractivity contribution is 0.112. The highest BCUT2D eigenvalue weighted by Gasteiger charge is 2.14. The standard InChI is InChI=1S/C14H14O5/c1-3-17-10-5-11(18-4-2)13-12(6-10)19-8-9(7-15)14(13)16/h5-8H,3-4H2,1-2H3. The smallest absolute Gasteiger partial charge is 0.206 e. The first-order valence-electron chi connectivity index (χ1n) is 6.01. The number of hydrogen-bond donors (Lipinski definition) is 0. The number of fused-ring (bicyclic) bond motifs is 1. The average Bonchev–Trinajstić information content (AvgIpc) is 2.39. The summed E-state index contributed by atoms with van der Waals surface area (Å²) >= 11 is 0. The zero-order valence-corrected chi connectivity index (χ0v) is 10.8. The van der Waals surface area contributed by atoms with Gasteiger partial charge in [0.05, 0.1) is 18.8 Å². The summed E-state index contributed by atoms with van der Waals surface area (Å²) in [7, 11) is 0. The van der Waals surface area contributed by atoms with E-state index in [0.29, 0.717) is 36.6 Å². The fourth-order valence-electron chi connectivity index (χ4n) is 1.81. The van der Waals surface area contributed by atoms with Gasteiger partial charge in [0.15, 0.2) is 6.29 Å². The number of aldehydes is 1. The molecule has 0 saturated carbocycles. The van der Waals surface area contributed by atoms with Crippen molar-refractivity contribution < 1.29 is 18.7 Å². The molecule has 0 radical (unpaired) electrons. The summed E-state index contributed by atoms with van der Waals surface area (Å²) in [5.41, 5.74) is -0.0923. The molecule has 0 N–H and O–H groups in total. The van der Waals surface area contributed by atoms with Gasteiger partial charge in [-0.2, -0.15) is 0 Å². The van der Waals surface area contributed by atoms with Crippen LogP contribution in [0.2, 0.25) is 0 Å². The van der Waals surface area contributed by atoms with Crippen LogP contribution in [0, 0.1) is 0 Å². The van der Waals surface area contributed by atoms with Crippen molar-refractivity contribution in [2.75, 3.05) is 13.2 Å². The molecule has 1 aromatic carbocycles. The molecule has 0 aliphatic rings. The zero-order valence-electron chi connectivity index (χ0n) is 10.8. The van der Waals surface area contributed by atoms with Crippen LogP contribution in [0.4, 0.5) is 0 Å². The van der Waals surface area contributed by atoms with Crippen molar-refractivity contribution in [2.45, 2.75) is 13.8 Å². The first-order chi connectivity index (χ1) is 9.21. The second kappa shape index (κ2) is 5.56. The summed E-state index contributed by atoms with van der Waals surface area (Å²) < 4.78 is 16.1. The van der Waals surface area contributed by atoms with Gasteiger partial charge in [-0.3, -0.25) is 9.59 Å². The van der Waals surface area contributed by atoms with E-state index in [1.54, 1.807) is 12.1 Å². The van der Waals surface area contributed by atoms with E-state index in [0.717, 1.165) is 6.26 Å². The molecule has 0 fully saturated rings. The van der Waals surface area contributed by atoms with Crippen LogP contribution in [0.1, 0.15) is 24.2 Å². The van der Waals surface area contributed by atoms with E-state index in [9.17, 15) is 9.59 Å². The number of rotatable bonds is 5. The number of ether oxygens (including phenoxy) is 2. The van der Waals surface area contributed by atoms with Gasteiger partial charge < -0.3 is 13.9 Å². The Kier molecular flexibility index (Phi) is 3.85. The highest BCUT2D eigenvalue weighted by molar-refractivity contribution is 5.89. The minimum atomic E-state index is -0.400. The van der Waals surface area contributed by atoms with Gasteiger partial charge in [0.1, 0.15) is 28.7 Å². The molecule has 2 aromatic rings. The molecule has 19 heavy (non-hydrogen) atoms. The molecular weight excluding hydrogens is 248 g/mol. The van der Waals surface area contributed by atoms with E-state index in [2.05, 4.69) is 0 Å².